The van der Waals surface area contributed by atoms with Gasteiger partial charge < -0.3 is 0 Å². The predicted octanol–water partition coefficient (Wildman–Crippen LogP) is 5.20. The van der Waals surface area contributed by atoms with Crippen molar-refractivity contribution >= 4 is 0 Å². The Morgan fingerprint density at radius 2 is 1.79 bits per heavy atom. The zero-order valence-corrected chi connectivity index (χ0v) is 10.8. The summed E-state index contributed by atoms with van der Waals surface area (Å²) in [5.74, 6) is 1.64. The number of unbranched alkanes of at least 4 members (excludes halogenated alkanes) is 2. The second-order valence-corrected chi connectivity index (χ2v) is 4.96. The van der Waals surface area contributed by atoms with Crippen LogP contribution in [0.15, 0.2) is 11.6 Å². The zero-order valence-electron chi connectivity index (χ0n) is 10.8. The van der Waals surface area contributed by atoms with E-state index in [0.717, 1.165) is 11.8 Å². The molecule has 0 heteroatoms. The Bertz CT molecular complexity index is 153. The highest BCUT2D eigenvalue weighted by Crippen LogP contribution is 2.17. The van der Waals surface area contributed by atoms with Crippen LogP contribution in [-0.4, -0.2) is 0 Å². The molecular weight excluding hydrogens is 168 g/mol. The van der Waals surface area contributed by atoms with Gasteiger partial charge in [0, 0.05) is 0 Å². The summed E-state index contributed by atoms with van der Waals surface area (Å²) in [6.45, 7) is 11.5. The first kappa shape index (κ1) is 13.7. The molecule has 0 heterocycles. The minimum Gasteiger partial charge on any atom is -0.0853 e. The van der Waals surface area contributed by atoms with Crippen molar-refractivity contribution in [2.24, 2.45) is 11.8 Å². The second kappa shape index (κ2) is 8.08. The number of allylic oxidation sites excluding steroid dienone is 2. The average molecular weight is 196 g/mol. The predicted molar refractivity (Wildman–Crippen MR) is 66.5 cm³/mol. The molecule has 0 aliphatic rings. The molecule has 0 radical (unpaired) electrons. The summed E-state index contributed by atoms with van der Waals surface area (Å²) in [5, 5.41) is 0. The Balaban J connectivity index is 3.65. The number of rotatable bonds is 7. The molecule has 0 saturated heterocycles. The van der Waals surface area contributed by atoms with Crippen molar-refractivity contribution in [1.82, 2.24) is 0 Å². The molecule has 0 aliphatic carbocycles. The van der Waals surface area contributed by atoms with Crippen LogP contribution < -0.4 is 0 Å². The molecule has 0 rings (SSSR count). The van der Waals surface area contributed by atoms with Crippen LogP contribution in [0.25, 0.3) is 0 Å². The van der Waals surface area contributed by atoms with Crippen molar-refractivity contribution in [2.45, 2.75) is 66.7 Å². The van der Waals surface area contributed by atoms with Crippen molar-refractivity contribution in [3.63, 3.8) is 0 Å². The molecule has 0 saturated carbocycles. The molecule has 0 aromatic carbocycles. The highest BCUT2D eigenvalue weighted by atomic mass is 14.1. The van der Waals surface area contributed by atoms with Crippen LogP contribution in [0.2, 0.25) is 0 Å². The van der Waals surface area contributed by atoms with Crippen LogP contribution >= 0.6 is 0 Å². The zero-order chi connectivity index (χ0) is 11.0. The van der Waals surface area contributed by atoms with Gasteiger partial charge in [-0.2, -0.15) is 0 Å². The third kappa shape index (κ3) is 7.17. The molecule has 14 heavy (non-hydrogen) atoms. The van der Waals surface area contributed by atoms with Gasteiger partial charge in [0.05, 0.1) is 0 Å². The van der Waals surface area contributed by atoms with Crippen LogP contribution in [0, 0.1) is 11.8 Å². The SMILES string of the molecule is CCCCCC(C)=CCC(C)C(C)C. The average Bonchev–Trinajstić information content (AvgIpc) is 2.14. The Morgan fingerprint density at radius 1 is 1.14 bits per heavy atom. The molecule has 0 N–H and O–H groups in total. The lowest BCUT2D eigenvalue weighted by molar-refractivity contribution is 0.423. The molecule has 0 aromatic rings. The maximum absolute atomic E-state index is 2.44. The molecule has 0 bridgehead atoms. The summed E-state index contributed by atoms with van der Waals surface area (Å²) >= 11 is 0. The van der Waals surface area contributed by atoms with E-state index in [1.54, 1.807) is 5.57 Å². The van der Waals surface area contributed by atoms with E-state index < -0.39 is 0 Å². The summed E-state index contributed by atoms with van der Waals surface area (Å²) in [6.07, 6.45) is 9.09. The van der Waals surface area contributed by atoms with Gasteiger partial charge in [0.1, 0.15) is 0 Å². The van der Waals surface area contributed by atoms with E-state index in [0.29, 0.717) is 0 Å². The van der Waals surface area contributed by atoms with E-state index >= 15 is 0 Å². The van der Waals surface area contributed by atoms with E-state index in [2.05, 4.69) is 40.7 Å². The van der Waals surface area contributed by atoms with Crippen LogP contribution in [0.3, 0.4) is 0 Å². The molecule has 84 valence electrons. The van der Waals surface area contributed by atoms with E-state index in [-0.39, 0.29) is 0 Å². The van der Waals surface area contributed by atoms with Crippen molar-refractivity contribution < 1.29 is 0 Å². The molecule has 0 amide bonds. The summed E-state index contributed by atoms with van der Waals surface area (Å²) in [4.78, 5) is 0. The standard InChI is InChI=1S/C14H28/c1-6-7-8-9-13(4)10-11-14(5)12(2)3/h10,12,14H,6-9,11H2,1-5H3. The van der Waals surface area contributed by atoms with Gasteiger partial charge >= 0.3 is 0 Å². The van der Waals surface area contributed by atoms with Gasteiger partial charge in [-0.05, 0) is 38.0 Å². The first-order chi connectivity index (χ1) is 6.57. The van der Waals surface area contributed by atoms with Crippen LogP contribution in [0.5, 0.6) is 0 Å². The van der Waals surface area contributed by atoms with Gasteiger partial charge in [0.15, 0.2) is 0 Å². The highest BCUT2D eigenvalue weighted by Gasteiger charge is 2.04. The lowest BCUT2D eigenvalue weighted by Gasteiger charge is -2.13. The van der Waals surface area contributed by atoms with Crippen LogP contribution in [0.1, 0.15) is 66.7 Å². The molecular formula is C14H28. The summed E-state index contributed by atoms with van der Waals surface area (Å²) in [6, 6.07) is 0. The van der Waals surface area contributed by atoms with Gasteiger partial charge in [0.25, 0.3) is 0 Å². The first-order valence-corrected chi connectivity index (χ1v) is 6.23. The van der Waals surface area contributed by atoms with Gasteiger partial charge in [-0.15, -0.1) is 0 Å². The quantitative estimate of drug-likeness (QED) is 0.388. The van der Waals surface area contributed by atoms with Crippen molar-refractivity contribution in [2.75, 3.05) is 0 Å². The molecule has 0 aromatic heterocycles. The van der Waals surface area contributed by atoms with Gasteiger partial charge in [-0.3, -0.25) is 0 Å². The topological polar surface area (TPSA) is 0 Å². The van der Waals surface area contributed by atoms with Crippen molar-refractivity contribution in [1.29, 1.82) is 0 Å². The van der Waals surface area contributed by atoms with Gasteiger partial charge in [-0.1, -0.05) is 52.2 Å². The fraction of sp³-hybridized carbons (Fsp3) is 0.857. The maximum atomic E-state index is 2.44. The third-order valence-electron chi connectivity index (χ3n) is 3.15. The Labute approximate surface area is 90.8 Å². The first-order valence-electron chi connectivity index (χ1n) is 6.23. The lowest BCUT2D eigenvalue weighted by atomic mass is 9.93. The van der Waals surface area contributed by atoms with Crippen molar-refractivity contribution in [3.05, 3.63) is 11.6 Å². The largest absolute Gasteiger partial charge is 0.0853 e. The number of hydrogen-bond acceptors (Lipinski definition) is 0. The number of hydrogen-bond donors (Lipinski definition) is 0. The third-order valence-corrected chi connectivity index (χ3v) is 3.15. The smallest absolute Gasteiger partial charge is 0.0320 e. The fourth-order valence-electron chi connectivity index (χ4n) is 1.42. The van der Waals surface area contributed by atoms with Gasteiger partial charge in [0.2, 0.25) is 0 Å². The van der Waals surface area contributed by atoms with Crippen LogP contribution in [-0.2, 0) is 0 Å². The molecule has 0 nitrogen and oxygen atoms in total. The van der Waals surface area contributed by atoms with E-state index in [9.17, 15) is 0 Å². The second-order valence-electron chi connectivity index (χ2n) is 4.96. The fourth-order valence-corrected chi connectivity index (χ4v) is 1.42. The monoisotopic (exact) mass is 196 g/mol. The summed E-state index contributed by atoms with van der Waals surface area (Å²) in [7, 11) is 0. The molecule has 1 unspecified atom stereocenters. The van der Waals surface area contributed by atoms with E-state index in [1.807, 2.05) is 0 Å². The minimum absolute atomic E-state index is 0.815. The molecule has 0 spiro atoms. The van der Waals surface area contributed by atoms with Gasteiger partial charge in [-0.25, -0.2) is 0 Å². The molecule has 1 atom stereocenters. The maximum Gasteiger partial charge on any atom is -0.0320 e. The molecule has 0 fully saturated rings. The van der Waals surface area contributed by atoms with E-state index in [1.165, 1.54) is 32.1 Å². The van der Waals surface area contributed by atoms with E-state index in [4.69, 9.17) is 0 Å². The Morgan fingerprint density at radius 3 is 2.29 bits per heavy atom. The minimum atomic E-state index is 0.815. The Hall–Kier alpha value is -0.260. The normalized spacial score (nSPS) is 14.9. The van der Waals surface area contributed by atoms with Crippen molar-refractivity contribution in [3.8, 4) is 0 Å². The Kier molecular flexibility index (Phi) is 7.93. The van der Waals surface area contributed by atoms with Crippen LogP contribution in [0.4, 0.5) is 0 Å². The summed E-state index contributed by atoms with van der Waals surface area (Å²) < 4.78 is 0. The highest BCUT2D eigenvalue weighted by molar-refractivity contribution is 4.98. The lowest BCUT2D eigenvalue weighted by Crippen LogP contribution is -2.02. The molecule has 0 aliphatic heterocycles. The summed E-state index contributed by atoms with van der Waals surface area (Å²) in [5.41, 5.74) is 1.59.